The third-order valence-corrected chi connectivity index (χ3v) is 8.01. The predicted octanol–water partition coefficient (Wildman–Crippen LogP) is 6.04. The Hall–Kier alpha value is -4.64. The van der Waals surface area contributed by atoms with Crippen molar-refractivity contribution in [1.82, 2.24) is 19.5 Å². The molecule has 1 N–H and O–H groups in total. The second-order valence-corrected chi connectivity index (χ2v) is 10.8. The quantitative estimate of drug-likeness (QED) is 0.261. The lowest BCUT2D eigenvalue weighted by Crippen LogP contribution is -2.36. The summed E-state index contributed by atoms with van der Waals surface area (Å²) in [6.45, 7) is 4.93. The fourth-order valence-electron chi connectivity index (χ4n) is 5.65. The largest absolute Gasteiger partial charge is 0.416 e. The summed E-state index contributed by atoms with van der Waals surface area (Å²) >= 11 is 0. The number of hydrogen-bond donors (Lipinski definition) is 1. The van der Waals surface area contributed by atoms with E-state index in [0.29, 0.717) is 41.6 Å². The van der Waals surface area contributed by atoms with Gasteiger partial charge in [0.1, 0.15) is 0 Å². The van der Waals surface area contributed by atoms with E-state index in [1.807, 2.05) is 22.8 Å². The molecule has 0 amide bonds. The van der Waals surface area contributed by atoms with Crippen molar-refractivity contribution in [2.75, 3.05) is 48.0 Å². The third kappa shape index (κ3) is 5.72. The van der Waals surface area contributed by atoms with Crippen LogP contribution >= 0.6 is 0 Å². The molecule has 43 heavy (non-hydrogen) atoms. The number of fused-ring (bicyclic) bond motifs is 2. The molecule has 0 bridgehead atoms. The monoisotopic (exact) mass is 585 g/mol. The van der Waals surface area contributed by atoms with Gasteiger partial charge in [0.25, 0.3) is 0 Å². The Labute approximate surface area is 246 Å². The highest BCUT2D eigenvalue weighted by Gasteiger charge is 2.30. The fraction of sp³-hybridized carbons (Fsp3) is 0.281. The lowest BCUT2D eigenvalue weighted by atomic mass is 10.0. The van der Waals surface area contributed by atoms with Crippen molar-refractivity contribution in [3.8, 4) is 0 Å². The zero-order valence-electron chi connectivity index (χ0n) is 23.4. The normalized spacial score (nSPS) is 15.5. The Kier molecular flexibility index (Phi) is 7.10. The van der Waals surface area contributed by atoms with Crippen molar-refractivity contribution in [2.45, 2.75) is 25.7 Å². The molecule has 0 radical (unpaired) electrons. The number of benzene rings is 3. The van der Waals surface area contributed by atoms with Gasteiger partial charge in [0.15, 0.2) is 17.0 Å². The lowest BCUT2D eigenvalue weighted by Gasteiger charge is -2.29. The van der Waals surface area contributed by atoms with Crippen molar-refractivity contribution in [3.05, 3.63) is 101 Å². The molecule has 2 aliphatic heterocycles. The number of ether oxygens (including phenoxy) is 1. The van der Waals surface area contributed by atoms with Gasteiger partial charge in [-0.25, -0.2) is 4.98 Å². The van der Waals surface area contributed by atoms with E-state index in [1.165, 1.54) is 23.3 Å². The molecule has 7 rings (SSSR count). The van der Waals surface area contributed by atoms with Crippen molar-refractivity contribution >= 4 is 34.3 Å². The molecule has 0 spiro atoms. The SMILES string of the molecule is FC(F)(F)c1ccc(Cn2cnc3c(Nc4ccc(N5CCOCC5)cc4)nc(N4CCc5ccccc5C4)nc32)cc1. The Bertz CT molecular complexity index is 1730. The Morgan fingerprint density at radius 1 is 0.814 bits per heavy atom. The van der Waals surface area contributed by atoms with Gasteiger partial charge in [-0.05, 0) is 59.5 Å². The first-order valence-electron chi connectivity index (χ1n) is 14.3. The van der Waals surface area contributed by atoms with Crippen molar-refractivity contribution in [2.24, 2.45) is 0 Å². The second kappa shape index (κ2) is 11.2. The summed E-state index contributed by atoms with van der Waals surface area (Å²) < 4.78 is 46.7. The van der Waals surface area contributed by atoms with Crippen LogP contribution in [0.1, 0.15) is 22.3 Å². The molecule has 1 saturated heterocycles. The molecule has 2 aliphatic rings. The first kappa shape index (κ1) is 27.2. The number of rotatable bonds is 6. The number of alkyl halides is 3. The highest BCUT2D eigenvalue weighted by atomic mass is 19.4. The maximum atomic E-state index is 13.1. The van der Waals surface area contributed by atoms with Gasteiger partial charge in [-0.3, -0.25) is 0 Å². The summed E-state index contributed by atoms with van der Waals surface area (Å²) in [4.78, 5) is 19.0. The topological polar surface area (TPSA) is 71.3 Å². The highest BCUT2D eigenvalue weighted by Crippen LogP contribution is 2.31. The van der Waals surface area contributed by atoms with Crippen LogP contribution in [0.2, 0.25) is 0 Å². The van der Waals surface area contributed by atoms with Crippen LogP contribution < -0.4 is 15.1 Å². The molecule has 0 saturated carbocycles. The van der Waals surface area contributed by atoms with E-state index in [-0.39, 0.29) is 0 Å². The minimum absolute atomic E-state index is 0.321. The molecule has 0 unspecified atom stereocenters. The molecule has 220 valence electrons. The van der Waals surface area contributed by atoms with Gasteiger partial charge < -0.3 is 24.4 Å². The van der Waals surface area contributed by atoms with Crippen molar-refractivity contribution in [1.29, 1.82) is 0 Å². The number of anilines is 4. The van der Waals surface area contributed by atoms with Crippen LogP contribution in [0.25, 0.3) is 11.2 Å². The first-order valence-corrected chi connectivity index (χ1v) is 14.3. The number of aromatic nitrogens is 4. The Morgan fingerprint density at radius 3 is 2.30 bits per heavy atom. The van der Waals surface area contributed by atoms with Gasteiger partial charge in [-0.2, -0.15) is 23.1 Å². The van der Waals surface area contributed by atoms with E-state index >= 15 is 0 Å². The molecular weight excluding hydrogens is 555 g/mol. The van der Waals surface area contributed by atoms with E-state index in [2.05, 4.69) is 50.4 Å². The number of morpholine rings is 1. The minimum atomic E-state index is -4.38. The molecule has 4 heterocycles. The maximum Gasteiger partial charge on any atom is 0.416 e. The van der Waals surface area contributed by atoms with E-state index in [1.54, 1.807) is 6.33 Å². The van der Waals surface area contributed by atoms with Crippen LogP contribution in [-0.2, 0) is 30.4 Å². The zero-order valence-corrected chi connectivity index (χ0v) is 23.4. The van der Waals surface area contributed by atoms with Gasteiger partial charge in [0.05, 0.1) is 31.6 Å². The standard InChI is InChI=1S/C32H30F3N7O/c33-32(34,35)25-7-5-22(6-8-25)19-42-21-36-28-29(37-26-9-11-27(12-10-26)40-15-17-43-18-16-40)38-31(39-30(28)42)41-14-13-23-3-1-2-4-24(23)20-41/h1-12,21H,13-20H2,(H,37,38,39). The van der Waals surface area contributed by atoms with E-state index in [9.17, 15) is 13.2 Å². The Morgan fingerprint density at radius 2 is 1.56 bits per heavy atom. The van der Waals surface area contributed by atoms with Gasteiger partial charge in [-0.15, -0.1) is 0 Å². The molecule has 11 heteroatoms. The van der Waals surface area contributed by atoms with Gasteiger partial charge in [-0.1, -0.05) is 36.4 Å². The summed E-state index contributed by atoms with van der Waals surface area (Å²) in [7, 11) is 0. The molecule has 0 atom stereocenters. The summed E-state index contributed by atoms with van der Waals surface area (Å²) in [6, 6.07) is 21.8. The zero-order chi connectivity index (χ0) is 29.4. The highest BCUT2D eigenvalue weighted by molar-refractivity contribution is 5.87. The number of nitrogens with zero attached hydrogens (tertiary/aromatic N) is 6. The van der Waals surface area contributed by atoms with Crippen LogP contribution in [0.4, 0.5) is 36.3 Å². The number of hydrogen-bond acceptors (Lipinski definition) is 7. The maximum absolute atomic E-state index is 13.1. The second-order valence-electron chi connectivity index (χ2n) is 10.8. The van der Waals surface area contributed by atoms with Crippen molar-refractivity contribution < 1.29 is 17.9 Å². The molecule has 1 fully saturated rings. The summed E-state index contributed by atoms with van der Waals surface area (Å²) in [5, 5.41) is 3.46. The van der Waals surface area contributed by atoms with E-state index in [4.69, 9.17) is 14.7 Å². The number of halogens is 3. The van der Waals surface area contributed by atoms with Gasteiger partial charge in [0, 0.05) is 37.6 Å². The van der Waals surface area contributed by atoms with Crippen LogP contribution in [-0.4, -0.2) is 52.4 Å². The van der Waals surface area contributed by atoms with Gasteiger partial charge in [0.2, 0.25) is 5.95 Å². The first-order chi connectivity index (χ1) is 20.9. The predicted molar refractivity (Wildman–Crippen MR) is 160 cm³/mol. The van der Waals surface area contributed by atoms with Crippen LogP contribution in [0.15, 0.2) is 79.1 Å². The molecule has 2 aromatic heterocycles. The third-order valence-electron chi connectivity index (χ3n) is 8.01. The average Bonchev–Trinajstić information content (AvgIpc) is 3.44. The van der Waals surface area contributed by atoms with Gasteiger partial charge >= 0.3 is 6.18 Å². The summed E-state index contributed by atoms with van der Waals surface area (Å²) in [6.07, 6.45) is -1.83. The van der Waals surface area contributed by atoms with Crippen LogP contribution in [0, 0.1) is 0 Å². The van der Waals surface area contributed by atoms with E-state index in [0.717, 1.165) is 62.8 Å². The number of imidazole rings is 1. The molecular formula is C32H30F3N7O. The Balaban J connectivity index is 1.22. The summed E-state index contributed by atoms with van der Waals surface area (Å²) in [5.74, 6) is 1.15. The lowest BCUT2D eigenvalue weighted by molar-refractivity contribution is -0.137. The molecule has 5 aromatic rings. The summed E-state index contributed by atoms with van der Waals surface area (Å²) in [5.41, 5.74) is 5.80. The number of nitrogens with one attached hydrogen (secondary N) is 1. The fourth-order valence-corrected chi connectivity index (χ4v) is 5.65. The molecule has 3 aromatic carbocycles. The van der Waals surface area contributed by atoms with Crippen LogP contribution in [0.3, 0.4) is 0 Å². The van der Waals surface area contributed by atoms with Crippen molar-refractivity contribution in [3.63, 3.8) is 0 Å². The molecule has 0 aliphatic carbocycles. The molecule has 8 nitrogen and oxygen atoms in total. The van der Waals surface area contributed by atoms with Crippen LogP contribution in [0.5, 0.6) is 0 Å². The smallest absolute Gasteiger partial charge is 0.378 e. The minimum Gasteiger partial charge on any atom is -0.378 e. The average molecular weight is 586 g/mol. The van der Waals surface area contributed by atoms with E-state index < -0.39 is 11.7 Å².